The smallest absolute Gasteiger partial charge is 0.248 e. The third-order valence-electron chi connectivity index (χ3n) is 5.26. The average Bonchev–Trinajstić information content (AvgIpc) is 3.12. The van der Waals surface area contributed by atoms with E-state index < -0.39 is 5.91 Å². The topological polar surface area (TPSA) is 99.8 Å². The number of nitrogens with zero attached hydrogens (tertiary/aromatic N) is 2. The van der Waals surface area contributed by atoms with Gasteiger partial charge in [-0.2, -0.15) is 0 Å². The molecule has 7 nitrogen and oxygen atoms in total. The zero-order chi connectivity index (χ0) is 21.3. The highest BCUT2D eigenvalue weighted by Gasteiger charge is 2.29. The van der Waals surface area contributed by atoms with Gasteiger partial charge in [0.25, 0.3) is 0 Å². The van der Waals surface area contributed by atoms with E-state index in [1.165, 1.54) is 5.56 Å². The molecule has 1 heterocycles. The Morgan fingerprint density at radius 1 is 1.13 bits per heavy atom. The van der Waals surface area contributed by atoms with Crippen molar-refractivity contribution in [1.29, 1.82) is 0 Å². The van der Waals surface area contributed by atoms with E-state index in [0.717, 1.165) is 25.1 Å². The van der Waals surface area contributed by atoms with Gasteiger partial charge in [-0.05, 0) is 29.7 Å². The Balaban J connectivity index is 1.43. The lowest BCUT2D eigenvalue weighted by atomic mass is 10.1. The molecule has 1 fully saturated rings. The summed E-state index contributed by atoms with van der Waals surface area (Å²) in [5.74, 6) is 0.686. The zero-order valence-electron chi connectivity index (χ0n) is 17.3. The molecule has 30 heavy (non-hydrogen) atoms. The number of amides is 2. The van der Waals surface area contributed by atoms with E-state index in [0.29, 0.717) is 31.0 Å². The minimum atomic E-state index is -0.443. The van der Waals surface area contributed by atoms with Crippen LogP contribution in [0.2, 0.25) is 0 Å². The molecule has 0 spiro atoms. The largest absolute Gasteiger partial charge is 0.366 e. The second-order valence-corrected chi connectivity index (χ2v) is 7.52. The lowest BCUT2D eigenvalue weighted by molar-refractivity contribution is -0.127. The number of hydrogen-bond acceptors (Lipinski definition) is 3. The van der Waals surface area contributed by atoms with Crippen molar-refractivity contribution in [3.63, 3.8) is 0 Å². The van der Waals surface area contributed by atoms with E-state index >= 15 is 0 Å². The van der Waals surface area contributed by atoms with Gasteiger partial charge in [0.05, 0.1) is 0 Å². The van der Waals surface area contributed by atoms with Crippen molar-refractivity contribution in [2.24, 2.45) is 16.6 Å². The monoisotopic (exact) mass is 407 g/mol. The summed E-state index contributed by atoms with van der Waals surface area (Å²) in [4.78, 5) is 29.8. The van der Waals surface area contributed by atoms with Crippen LogP contribution in [-0.4, -0.2) is 49.4 Å². The first-order chi connectivity index (χ1) is 14.5. The van der Waals surface area contributed by atoms with Crippen LogP contribution in [0.15, 0.2) is 59.6 Å². The van der Waals surface area contributed by atoms with Crippen molar-refractivity contribution in [2.75, 3.05) is 26.7 Å². The van der Waals surface area contributed by atoms with Gasteiger partial charge in [0.2, 0.25) is 11.8 Å². The number of nitrogens with one attached hydrogen (secondary N) is 2. The first kappa shape index (κ1) is 21.4. The molecular formula is C23H29N5O2. The van der Waals surface area contributed by atoms with Gasteiger partial charge in [0.15, 0.2) is 5.96 Å². The minimum Gasteiger partial charge on any atom is -0.366 e. The maximum absolute atomic E-state index is 12.3. The number of rotatable bonds is 8. The highest BCUT2D eigenvalue weighted by Crippen LogP contribution is 2.17. The Bertz CT molecular complexity index is 897. The van der Waals surface area contributed by atoms with Gasteiger partial charge in [0.1, 0.15) is 0 Å². The molecule has 7 heteroatoms. The van der Waals surface area contributed by atoms with Gasteiger partial charge in [-0.1, -0.05) is 42.5 Å². The number of carbonyl (C=O) groups excluding carboxylic acids is 2. The van der Waals surface area contributed by atoms with Crippen LogP contribution in [0.5, 0.6) is 0 Å². The summed E-state index contributed by atoms with van der Waals surface area (Å²) in [5.41, 5.74) is 8.01. The van der Waals surface area contributed by atoms with Crippen molar-refractivity contribution < 1.29 is 9.59 Å². The molecule has 2 aromatic carbocycles. The normalized spacial score (nSPS) is 16.6. The number of primary amides is 1. The second kappa shape index (κ2) is 10.4. The van der Waals surface area contributed by atoms with E-state index in [4.69, 9.17) is 5.73 Å². The molecule has 0 saturated carbocycles. The van der Waals surface area contributed by atoms with Crippen LogP contribution in [-0.2, 0) is 17.8 Å². The summed E-state index contributed by atoms with van der Waals surface area (Å²) >= 11 is 0. The van der Waals surface area contributed by atoms with E-state index in [9.17, 15) is 9.59 Å². The Labute approximate surface area is 177 Å². The predicted octanol–water partition coefficient (Wildman–Crippen LogP) is 1.54. The first-order valence-electron chi connectivity index (χ1n) is 10.2. The Morgan fingerprint density at radius 2 is 1.90 bits per heavy atom. The molecule has 2 amide bonds. The maximum Gasteiger partial charge on any atom is 0.248 e. The van der Waals surface area contributed by atoms with Crippen molar-refractivity contribution in [3.05, 3.63) is 71.3 Å². The van der Waals surface area contributed by atoms with Gasteiger partial charge in [-0.3, -0.25) is 14.6 Å². The molecule has 1 saturated heterocycles. The highest BCUT2D eigenvalue weighted by molar-refractivity contribution is 5.92. The van der Waals surface area contributed by atoms with Crippen LogP contribution in [0.25, 0.3) is 0 Å². The zero-order valence-corrected chi connectivity index (χ0v) is 17.3. The summed E-state index contributed by atoms with van der Waals surface area (Å²) in [6.45, 7) is 2.71. The summed E-state index contributed by atoms with van der Waals surface area (Å²) in [6, 6.07) is 17.4. The summed E-state index contributed by atoms with van der Waals surface area (Å²) in [5, 5.41) is 6.54. The molecule has 3 rings (SSSR count). The molecule has 0 radical (unpaired) electrons. The fourth-order valence-electron chi connectivity index (χ4n) is 3.60. The average molecular weight is 408 g/mol. The van der Waals surface area contributed by atoms with Crippen molar-refractivity contribution in [1.82, 2.24) is 15.5 Å². The Hall–Kier alpha value is -3.35. The lowest BCUT2D eigenvalue weighted by Crippen LogP contribution is -2.40. The van der Waals surface area contributed by atoms with Crippen LogP contribution in [0.1, 0.15) is 27.9 Å². The predicted molar refractivity (Wildman–Crippen MR) is 118 cm³/mol. The van der Waals surface area contributed by atoms with Gasteiger partial charge < -0.3 is 21.3 Å². The van der Waals surface area contributed by atoms with Gasteiger partial charge >= 0.3 is 0 Å². The Morgan fingerprint density at radius 3 is 2.63 bits per heavy atom. The number of guanidine groups is 1. The molecule has 0 bridgehead atoms. The van der Waals surface area contributed by atoms with Crippen molar-refractivity contribution in [3.8, 4) is 0 Å². The number of carbonyl (C=O) groups is 2. The molecule has 158 valence electrons. The van der Waals surface area contributed by atoms with Gasteiger partial charge in [0, 0.05) is 51.1 Å². The van der Waals surface area contributed by atoms with Crippen molar-refractivity contribution in [2.45, 2.75) is 19.4 Å². The molecule has 1 aliphatic heterocycles. The minimum absolute atomic E-state index is 0.212. The quantitative estimate of drug-likeness (QED) is 0.457. The molecule has 0 aliphatic carbocycles. The maximum atomic E-state index is 12.3. The van der Waals surface area contributed by atoms with Crippen LogP contribution in [0, 0.1) is 5.92 Å². The summed E-state index contributed by atoms with van der Waals surface area (Å²) in [7, 11) is 1.71. The third-order valence-corrected chi connectivity index (χ3v) is 5.26. The number of benzene rings is 2. The van der Waals surface area contributed by atoms with Crippen LogP contribution in [0.4, 0.5) is 0 Å². The Kier molecular flexibility index (Phi) is 7.43. The lowest BCUT2D eigenvalue weighted by Gasteiger charge is -2.18. The van der Waals surface area contributed by atoms with E-state index in [2.05, 4.69) is 27.8 Å². The SMILES string of the molecule is CN=C(NCc1cccc(C(N)=O)c1)NCC1CC(=O)N(CCc2ccccc2)C1. The number of nitrogens with two attached hydrogens (primary N) is 1. The number of aliphatic imine (C=N–C) groups is 1. The van der Waals surface area contributed by atoms with Crippen LogP contribution in [0.3, 0.4) is 0 Å². The summed E-state index contributed by atoms with van der Waals surface area (Å²) in [6.07, 6.45) is 1.43. The molecule has 1 atom stereocenters. The second-order valence-electron chi connectivity index (χ2n) is 7.52. The third kappa shape index (κ3) is 6.07. The molecule has 2 aromatic rings. The number of likely N-dealkylation sites (tertiary alicyclic amines) is 1. The first-order valence-corrected chi connectivity index (χ1v) is 10.2. The van der Waals surface area contributed by atoms with Crippen molar-refractivity contribution >= 4 is 17.8 Å². The van der Waals surface area contributed by atoms with E-state index in [-0.39, 0.29) is 11.8 Å². The molecule has 1 unspecified atom stereocenters. The molecule has 4 N–H and O–H groups in total. The molecular weight excluding hydrogens is 378 g/mol. The fourth-order valence-corrected chi connectivity index (χ4v) is 3.60. The van der Waals surface area contributed by atoms with Crippen LogP contribution < -0.4 is 16.4 Å². The highest BCUT2D eigenvalue weighted by atomic mass is 16.2. The van der Waals surface area contributed by atoms with Gasteiger partial charge in [-0.25, -0.2) is 0 Å². The van der Waals surface area contributed by atoms with Gasteiger partial charge in [-0.15, -0.1) is 0 Å². The summed E-state index contributed by atoms with van der Waals surface area (Å²) < 4.78 is 0. The fraction of sp³-hybridized carbons (Fsp3) is 0.348. The van der Waals surface area contributed by atoms with E-state index in [1.807, 2.05) is 35.2 Å². The molecule has 0 aromatic heterocycles. The number of hydrogen-bond donors (Lipinski definition) is 3. The van der Waals surface area contributed by atoms with E-state index in [1.54, 1.807) is 19.2 Å². The standard InChI is InChI=1S/C23H29N5O2/c1-25-23(26-14-18-8-5-9-20(12-18)22(24)30)27-15-19-13-21(29)28(16-19)11-10-17-6-3-2-4-7-17/h2-9,12,19H,10-11,13-16H2,1H3,(H2,24,30)(H2,25,26,27). The van der Waals surface area contributed by atoms with Crippen LogP contribution >= 0.6 is 0 Å². The molecule has 1 aliphatic rings.